The highest BCUT2D eigenvalue weighted by molar-refractivity contribution is 7.99. The molecule has 1 N–H and O–H groups in total. The lowest BCUT2D eigenvalue weighted by Crippen LogP contribution is -2.14. The Hall–Kier alpha value is -0.610. The van der Waals surface area contributed by atoms with Crippen LogP contribution in [0.3, 0.4) is 0 Å². The van der Waals surface area contributed by atoms with Gasteiger partial charge in [-0.3, -0.25) is 0 Å². The summed E-state index contributed by atoms with van der Waals surface area (Å²) in [6.07, 6.45) is 9.63. The molecule has 1 unspecified atom stereocenters. The van der Waals surface area contributed by atoms with Gasteiger partial charge in [-0.15, -0.1) is 0 Å². The topological polar surface area (TPSA) is 46.0 Å². The fraction of sp³-hybridized carbons (Fsp3) is 0.692. The summed E-state index contributed by atoms with van der Waals surface area (Å²) in [4.78, 5) is 8.45. The van der Waals surface area contributed by atoms with Crippen molar-refractivity contribution in [1.82, 2.24) is 9.97 Å². The third kappa shape index (κ3) is 4.28. The molecule has 0 saturated heterocycles. The van der Waals surface area contributed by atoms with E-state index >= 15 is 0 Å². The van der Waals surface area contributed by atoms with Crippen LogP contribution in [0.2, 0.25) is 0 Å². The van der Waals surface area contributed by atoms with Crippen LogP contribution in [0, 0.1) is 12.8 Å². The average molecular weight is 252 g/mol. The fourth-order valence-corrected chi connectivity index (χ4v) is 3.06. The molecule has 1 aromatic rings. The van der Waals surface area contributed by atoms with E-state index in [2.05, 4.69) is 9.97 Å². The van der Waals surface area contributed by atoms with Crippen molar-refractivity contribution >= 4 is 11.8 Å². The molecule has 1 aliphatic carbocycles. The van der Waals surface area contributed by atoms with Crippen molar-refractivity contribution in [2.45, 2.75) is 50.3 Å². The Labute approximate surface area is 107 Å². The van der Waals surface area contributed by atoms with Crippen LogP contribution in [0.15, 0.2) is 17.6 Å². The van der Waals surface area contributed by atoms with E-state index in [-0.39, 0.29) is 6.10 Å². The van der Waals surface area contributed by atoms with E-state index in [1.807, 2.05) is 19.3 Å². The smallest absolute Gasteiger partial charge is 0.187 e. The SMILES string of the molecule is Cc1cnc(SCC(O)CC2CCCC2)nc1. The van der Waals surface area contributed by atoms with Crippen molar-refractivity contribution in [3.63, 3.8) is 0 Å². The molecule has 4 heteroatoms. The van der Waals surface area contributed by atoms with Gasteiger partial charge in [0.15, 0.2) is 5.16 Å². The normalized spacial score (nSPS) is 18.5. The van der Waals surface area contributed by atoms with E-state index < -0.39 is 0 Å². The predicted octanol–water partition coefficient (Wildman–Crippen LogP) is 2.82. The van der Waals surface area contributed by atoms with Gasteiger partial charge in [0.05, 0.1) is 6.10 Å². The summed E-state index contributed by atoms with van der Waals surface area (Å²) in [7, 11) is 0. The average Bonchev–Trinajstić information content (AvgIpc) is 2.81. The quantitative estimate of drug-likeness (QED) is 0.646. The molecule has 17 heavy (non-hydrogen) atoms. The van der Waals surface area contributed by atoms with Crippen molar-refractivity contribution < 1.29 is 5.11 Å². The number of hydrogen-bond donors (Lipinski definition) is 1. The van der Waals surface area contributed by atoms with Gasteiger partial charge in [-0.05, 0) is 24.8 Å². The largest absolute Gasteiger partial charge is 0.392 e. The fourth-order valence-electron chi connectivity index (χ4n) is 2.32. The molecular formula is C13H20N2OS. The van der Waals surface area contributed by atoms with Crippen molar-refractivity contribution in [2.75, 3.05) is 5.75 Å². The third-order valence-electron chi connectivity index (χ3n) is 3.24. The first kappa shape index (κ1) is 12.8. The second kappa shape index (κ2) is 6.36. The second-order valence-electron chi connectivity index (χ2n) is 4.89. The van der Waals surface area contributed by atoms with Gasteiger partial charge in [-0.1, -0.05) is 37.4 Å². The number of aryl methyl sites for hydroxylation is 1. The first-order valence-corrected chi connectivity index (χ1v) is 7.32. The highest BCUT2D eigenvalue weighted by atomic mass is 32.2. The maximum atomic E-state index is 9.95. The molecule has 1 fully saturated rings. The molecule has 1 aromatic heterocycles. The molecule has 1 aliphatic rings. The van der Waals surface area contributed by atoms with Crippen LogP contribution in [0.25, 0.3) is 0 Å². The van der Waals surface area contributed by atoms with Crippen molar-refractivity contribution in [3.05, 3.63) is 18.0 Å². The number of rotatable bonds is 5. The molecule has 0 aromatic carbocycles. The van der Waals surface area contributed by atoms with E-state index in [1.54, 1.807) is 11.8 Å². The van der Waals surface area contributed by atoms with Crippen LogP contribution in [0.1, 0.15) is 37.7 Å². The van der Waals surface area contributed by atoms with Crippen LogP contribution in [-0.4, -0.2) is 26.9 Å². The minimum Gasteiger partial charge on any atom is -0.392 e. The van der Waals surface area contributed by atoms with Crippen LogP contribution in [0.4, 0.5) is 0 Å². The molecule has 0 spiro atoms. The van der Waals surface area contributed by atoms with E-state index in [9.17, 15) is 5.11 Å². The number of aliphatic hydroxyl groups excluding tert-OH is 1. The second-order valence-corrected chi connectivity index (χ2v) is 5.88. The molecular weight excluding hydrogens is 232 g/mol. The zero-order valence-electron chi connectivity index (χ0n) is 10.3. The van der Waals surface area contributed by atoms with E-state index in [0.29, 0.717) is 5.75 Å². The Morgan fingerprint density at radius 3 is 2.65 bits per heavy atom. The van der Waals surface area contributed by atoms with Gasteiger partial charge in [0, 0.05) is 18.1 Å². The summed E-state index contributed by atoms with van der Waals surface area (Å²) in [6, 6.07) is 0. The lowest BCUT2D eigenvalue weighted by Gasteiger charge is -2.14. The predicted molar refractivity (Wildman–Crippen MR) is 70.1 cm³/mol. The number of hydrogen-bond acceptors (Lipinski definition) is 4. The number of thioether (sulfide) groups is 1. The van der Waals surface area contributed by atoms with E-state index in [0.717, 1.165) is 23.1 Å². The van der Waals surface area contributed by atoms with Gasteiger partial charge in [-0.25, -0.2) is 9.97 Å². The van der Waals surface area contributed by atoms with Gasteiger partial charge in [0.1, 0.15) is 0 Å². The van der Waals surface area contributed by atoms with Gasteiger partial charge >= 0.3 is 0 Å². The highest BCUT2D eigenvalue weighted by Gasteiger charge is 2.19. The zero-order valence-corrected chi connectivity index (χ0v) is 11.1. The summed E-state index contributed by atoms with van der Waals surface area (Å²) in [6.45, 7) is 1.98. The Balaban J connectivity index is 1.71. The molecule has 0 aliphatic heterocycles. The summed E-state index contributed by atoms with van der Waals surface area (Å²) in [5.41, 5.74) is 1.07. The van der Waals surface area contributed by atoms with Crippen LogP contribution in [0.5, 0.6) is 0 Å². The Morgan fingerprint density at radius 2 is 2.00 bits per heavy atom. The third-order valence-corrected chi connectivity index (χ3v) is 4.26. The number of aromatic nitrogens is 2. The molecule has 94 valence electrons. The van der Waals surface area contributed by atoms with Crippen LogP contribution < -0.4 is 0 Å². The lowest BCUT2D eigenvalue weighted by molar-refractivity contribution is 0.165. The molecule has 3 nitrogen and oxygen atoms in total. The van der Waals surface area contributed by atoms with Gasteiger partial charge in [0.2, 0.25) is 0 Å². The molecule has 0 bridgehead atoms. The minimum atomic E-state index is -0.215. The van der Waals surface area contributed by atoms with Gasteiger partial charge in [-0.2, -0.15) is 0 Å². The molecule has 2 rings (SSSR count). The maximum absolute atomic E-state index is 9.95. The summed E-state index contributed by atoms with van der Waals surface area (Å²) in [5, 5.41) is 10.7. The van der Waals surface area contributed by atoms with Crippen LogP contribution >= 0.6 is 11.8 Å². The Bertz CT molecular complexity index is 336. The molecule has 1 atom stereocenters. The molecule has 0 amide bonds. The standard InChI is InChI=1S/C13H20N2OS/c1-10-7-14-13(15-8-10)17-9-12(16)6-11-4-2-3-5-11/h7-8,11-12,16H,2-6,9H2,1H3. The maximum Gasteiger partial charge on any atom is 0.187 e. The lowest BCUT2D eigenvalue weighted by atomic mass is 10.0. The van der Waals surface area contributed by atoms with E-state index in [1.165, 1.54) is 25.7 Å². The Kier molecular flexibility index (Phi) is 4.80. The van der Waals surface area contributed by atoms with E-state index in [4.69, 9.17) is 0 Å². The summed E-state index contributed by atoms with van der Waals surface area (Å²) >= 11 is 1.55. The van der Waals surface area contributed by atoms with Gasteiger partial charge in [0.25, 0.3) is 0 Å². The van der Waals surface area contributed by atoms with Crippen molar-refractivity contribution in [3.8, 4) is 0 Å². The molecule has 0 radical (unpaired) electrons. The summed E-state index contributed by atoms with van der Waals surface area (Å²) < 4.78 is 0. The first-order chi connectivity index (χ1) is 8.24. The monoisotopic (exact) mass is 252 g/mol. The summed E-state index contributed by atoms with van der Waals surface area (Å²) in [5.74, 6) is 1.45. The van der Waals surface area contributed by atoms with Crippen LogP contribution in [-0.2, 0) is 0 Å². The molecule has 1 saturated carbocycles. The number of nitrogens with zero attached hydrogens (tertiary/aromatic N) is 2. The molecule has 1 heterocycles. The Morgan fingerprint density at radius 1 is 1.35 bits per heavy atom. The minimum absolute atomic E-state index is 0.215. The van der Waals surface area contributed by atoms with Crippen molar-refractivity contribution in [1.29, 1.82) is 0 Å². The van der Waals surface area contributed by atoms with Gasteiger partial charge < -0.3 is 5.11 Å². The highest BCUT2D eigenvalue weighted by Crippen LogP contribution is 2.29. The number of aliphatic hydroxyl groups is 1. The zero-order chi connectivity index (χ0) is 12.1. The first-order valence-electron chi connectivity index (χ1n) is 6.33. The van der Waals surface area contributed by atoms with Crippen molar-refractivity contribution in [2.24, 2.45) is 5.92 Å².